The molecule has 0 heterocycles. The minimum atomic E-state index is -0.450. The van der Waals surface area contributed by atoms with Gasteiger partial charge in [-0.1, -0.05) is 9.39 Å². The van der Waals surface area contributed by atoms with Gasteiger partial charge >= 0.3 is 57.4 Å². The van der Waals surface area contributed by atoms with E-state index in [0.717, 1.165) is 0 Å². The molecule has 0 rings (SSSR count). The molecule has 0 saturated carbocycles. The van der Waals surface area contributed by atoms with Gasteiger partial charge in [-0.25, -0.2) is 0 Å². The molecule has 1 atom stereocenters. The second kappa shape index (κ2) is 9.27. The van der Waals surface area contributed by atoms with Crippen molar-refractivity contribution in [2.75, 3.05) is 42.3 Å². The van der Waals surface area contributed by atoms with E-state index in [2.05, 4.69) is 43.4 Å². The normalized spacial score (nSPS) is 10.0. The average molecular weight is 280 g/mol. The van der Waals surface area contributed by atoms with E-state index in [1.165, 1.54) is 0 Å². The van der Waals surface area contributed by atoms with E-state index in [9.17, 15) is 0 Å². The van der Waals surface area contributed by atoms with Crippen LogP contribution in [0, 0.1) is 0 Å². The van der Waals surface area contributed by atoms with Gasteiger partial charge in [0.25, 0.3) is 0 Å². The molecule has 0 bridgehead atoms. The molecule has 0 aliphatic heterocycles. The van der Waals surface area contributed by atoms with Crippen LogP contribution in [0.15, 0.2) is 0 Å². The Morgan fingerprint density at radius 3 is 1.00 bits per heavy atom. The predicted octanol–water partition coefficient (Wildman–Crippen LogP) is -0.0181. The summed E-state index contributed by atoms with van der Waals surface area (Å²) >= 11 is -0.450. The molecule has 1 radical (unpaired) electrons. The van der Waals surface area contributed by atoms with Crippen LogP contribution in [0.1, 0.15) is 0 Å². The first-order valence-corrected chi connectivity index (χ1v) is 6.92. The van der Waals surface area contributed by atoms with Crippen LogP contribution < -0.4 is 0 Å². The van der Waals surface area contributed by atoms with Crippen LogP contribution in [0.2, 0.25) is 0 Å². The topological polar surface area (TPSA) is 9.72 Å². The summed E-state index contributed by atoms with van der Waals surface area (Å²) in [5.41, 5.74) is 0. The molecule has 0 N–H and O–H groups in total. The zero-order valence-electron chi connectivity index (χ0n) is 8.50. The zero-order chi connectivity index (χ0) is 9.44. The van der Waals surface area contributed by atoms with Crippen LogP contribution in [0.25, 0.3) is 0 Å². The van der Waals surface area contributed by atoms with Crippen molar-refractivity contribution in [2.24, 2.45) is 0 Å². The van der Waals surface area contributed by atoms with Gasteiger partial charge < -0.3 is 0 Å². The first-order chi connectivity index (χ1) is 4.86. The van der Waals surface area contributed by atoms with Crippen molar-refractivity contribution in [2.45, 2.75) is 0 Å². The van der Waals surface area contributed by atoms with Crippen LogP contribution in [0.3, 0.4) is 0 Å². The summed E-state index contributed by atoms with van der Waals surface area (Å²) in [7, 11) is 15.0. The van der Waals surface area contributed by atoms with Gasteiger partial charge in [0, 0.05) is 0 Å². The molecule has 0 spiro atoms. The van der Waals surface area contributed by atoms with Crippen molar-refractivity contribution in [1.82, 2.24) is 10.4 Å². The molecule has 0 aliphatic carbocycles. The first-order valence-electron chi connectivity index (χ1n) is 3.46. The summed E-state index contributed by atoms with van der Waals surface area (Å²) in [5, 5.41) is 0. The maximum absolute atomic E-state index is 2.49. The summed E-state index contributed by atoms with van der Waals surface area (Å²) in [5.74, 6) is 0. The van der Waals surface area contributed by atoms with Crippen molar-refractivity contribution in [3.05, 3.63) is 0 Å². The quantitative estimate of drug-likeness (QED) is 0.658. The maximum atomic E-state index is 2.49. The molecule has 11 heavy (non-hydrogen) atoms. The molecule has 1 unspecified atom stereocenters. The molecule has 0 saturated heterocycles. The van der Waals surface area contributed by atoms with E-state index in [0.29, 0.717) is 0 Å². The van der Waals surface area contributed by atoms with Gasteiger partial charge in [-0.05, 0) is 14.1 Å². The Morgan fingerprint density at radius 2 is 1.00 bits per heavy atom. The van der Waals surface area contributed by atoms with Crippen LogP contribution >= 0.6 is 9.39 Å². The molecule has 0 aromatic heterocycles. The summed E-state index contributed by atoms with van der Waals surface area (Å²) in [6, 6.07) is 0. The first kappa shape index (κ1) is 14.7. The van der Waals surface area contributed by atoms with Gasteiger partial charge in [0.15, 0.2) is 0 Å². The van der Waals surface area contributed by atoms with Crippen molar-refractivity contribution in [3.63, 3.8) is 0 Å². The molecule has 3 nitrogen and oxygen atoms in total. The third kappa shape index (κ3) is 35.1. The van der Waals surface area contributed by atoms with E-state index in [-0.39, 0.29) is 0 Å². The molecular weight excluding hydrogens is 260 g/mol. The molecule has 5 heteroatoms. The Morgan fingerprint density at radius 1 is 0.818 bits per heavy atom. The SMILES string of the molecule is CN(C)P.C[N](C)[In][N](C)C. The molecule has 0 aromatic rings. The van der Waals surface area contributed by atoms with Gasteiger partial charge in [-0.2, -0.15) is 0 Å². The fourth-order valence-electron chi connectivity index (χ4n) is 0.462. The third-order valence-electron chi connectivity index (χ3n) is 0.462. The predicted molar refractivity (Wildman–Crippen MR) is 56.5 cm³/mol. The summed E-state index contributed by atoms with van der Waals surface area (Å²) < 4.78 is 6.55. The van der Waals surface area contributed by atoms with Crippen LogP contribution in [-0.2, 0) is 0 Å². The van der Waals surface area contributed by atoms with Crippen molar-refractivity contribution < 1.29 is 0 Å². The van der Waals surface area contributed by atoms with E-state index in [1.54, 1.807) is 0 Å². The van der Waals surface area contributed by atoms with Gasteiger partial charge in [-0.3, -0.25) is 4.67 Å². The van der Waals surface area contributed by atoms with Gasteiger partial charge in [0.1, 0.15) is 0 Å². The van der Waals surface area contributed by atoms with E-state index >= 15 is 0 Å². The fourth-order valence-corrected chi connectivity index (χ4v) is 3.10. The number of hydrogen-bond donors (Lipinski definition) is 0. The van der Waals surface area contributed by atoms with Gasteiger partial charge in [0.05, 0.1) is 0 Å². The standard InChI is InChI=1S/C2H8NP.2C2H6N.In/c1-3(2)4;2*1-3-2;/h4H2,1-2H3;2*1-2H3;/q;2*-1;+2. The number of nitrogens with zero attached hydrogens (tertiary/aromatic N) is 3. The van der Waals surface area contributed by atoms with Crippen LogP contribution in [0.5, 0.6) is 0 Å². The monoisotopic (exact) mass is 280 g/mol. The zero-order valence-corrected chi connectivity index (χ0v) is 12.9. The average Bonchev–Trinajstić information content (AvgIpc) is 1.56. The van der Waals surface area contributed by atoms with E-state index < -0.39 is 23.5 Å². The van der Waals surface area contributed by atoms with E-state index in [4.69, 9.17) is 0 Å². The summed E-state index contributed by atoms with van der Waals surface area (Å²) in [6.07, 6.45) is 0. The summed E-state index contributed by atoms with van der Waals surface area (Å²) in [6.45, 7) is 0. The molecule has 0 aromatic carbocycles. The molecular formula is C6H20InN3P. The van der Waals surface area contributed by atoms with Gasteiger partial charge in [-0.15, -0.1) is 0 Å². The Balaban J connectivity index is 0. The van der Waals surface area contributed by atoms with Crippen molar-refractivity contribution >= 4 is 32.9 Å². The van der Waals surface area contributed by atoms with Crippen LogP contribution in [0.4, 0.5) is 0 Å². The van der Waals surface area contributed by atoms with Crippen LogP contribution in [-0.4, -0.2) is 76.2 Å². The molecule has 67 valence electrons. The second-order valence-corrected chi connectivity index (χ2v) is 10.6. The Bertz CT molecular complexity index is 69.5. The Kier molecular flexibility index (Phi) is 12.4. The minimum absolute atomic E-state index is 0.450. The second-order valence-electron chi connectivity index (χ2n) is 3.01. The van der Waals surface area contributed by atoms with E-state index in [1.807, 2.05) is 18.8 Å². The molecule has 0 aliphatic rings. The summed E-state index contributed by atoms with van der Waals surface area (Å²) in [4.78, 5) is 0. The van der Waals surface area contributed by atoms with Crippen molar-refractivity contribution in [3.8, 4) is 0 Å². The fraction of sp³-hybridized carbons (Fsp3) is 1.00. The molecule has 0 amide bonds. The Hall–Kier alpha value is 1.18. The van der Waals surface area contributed by atoms with Crippen molar-refractivity contribution in [1.29, 1.82) is 0 Å². The molecule has 0 fully saturated rings. The number of rotatable bonds is 2. The number of hydrogen-bond acceptors (Lipinski definition) is 3. The Labute approximate surface area is 85.5 Å². The third-order valence-corrected chi connectivity index (χ3v) is 3.10. The van der Waals surface area contributed by atoms with Gasteiger partial charge in [0.2, 0.25) is 0 Å².